The first-order valence-electron chi connectivity index (χ1n) is 7.98. The molecule has 0 radical (unpaired) electrons. The van der Waals surface area contributed by atoms with Crippen molar-refractivity contribution < 1.29 is 17.3 Å². The van der Waals surface area contributed by atoms with E-state index in [1.165, 1.54) is 38.5 Å². The Morgan fingerprint density at radius 2 is 1.15 bits per heavy atom. The van der Waals surface area contributed by atoms with Gasteiger partial charge in [-0.3, -0.25) is 4.18 Å². The van der Waals surface area contributed by atoms with Crippen LogP contribution in [0.4, 0.5) is 0 Å². The molecule has 0 N–H and O–H groups in total. The molecule has 0 rings (SSSR count). The molecule has 0 atom stereocenters. The molecule has 20 heavy (non-hydrogen) atoms. The van der Waals surface area contributed by atoms with Crippen molar-refractivity contribution in [2.75, 3.05) is 26.1 Å². The Hall–Kier alpha value is -0.130. The van der Waals surface area contributed by atoms with Gasteiger partial charge in [0, 0.05) is 13.2 Å². The van der Waals surface area contributed by atoms with Crippen LogP contribution in [0.2, 0.25) is 0 Å². The van der Waals surface area contributed by atoms with Gasteiger partial charge in [0.15, 0.2) is 0 Å². The number of ether oxygens (including phenoxy) is 1. The van der Waals surface area contributed by atoms with Gasteiger partial charge in [0.2, 0.25) is 0 Å². The van der Waals surface area contributed by atoms with Crippen LogP contribution in [0.15, 0.2) is 0 Å². The zero-order valence-corrected chi connectivity index (χ0v) is 14.1. The van der Waals surface area contributed by atoms with E-state index in [1.807, 2.05) is 0 Å². The molecule has 0 saturated heterocycles. The average molecular weight is 308 g/mol. The van der Waals surface area contributed by atoms with Gasteiger partial charge in [0.1, 0.15) is 0 Å². The Morgan fingerprint density at radius 1 is 0.700 bits per heavy atom. The number of hydrogen-bond donors (Lipinski definition) is 0. The molecule has 0 saturated carbocycles. The van der Waals surface area contributed by atoms with Crippen molar-refractivity contribution >= 4 is 10.1 Å². The summed E-state index contributed by atoms with van der Waals surface area (Å²) in [5, 5.41) is 0. The molecule has 0 fully saturated rings. The highest BCUT2D eigenvalue weighted by molar-refractivity contribution is 7.85. The van der Waals surface area contributed by atoms with Crippen molar-refractivity contribution in [1.29, 1.82) is 0 Å². The largest absolute Gasteiger partial charge is 0.381 e. The van der Waals surface area contributed by atoms with Crippen molar-refractivity contribution in [1.82, 2.24) is 0 Å². The average Bonchev–Trinajstić information content (AvgIpc) is 2.38. The van der Waals surface area contributed by atoms with Crippen LogP contribution in [0.3, 0.4) is 0 Å². The predicted molar refractivity (Wildman–Crippen MR) is 83.5 cm³/mol. The Balaban J connectivity index is 3.03. The minimum absolute atomic E-state index is 0.319. The van der Waals surface area contributed by atoms with Gasteiger partial charge < -0.3 is 4.74 Å². The van der Waals surface area contributed by atoms with Gasteiger partial charge in [-0.15, -0.1) is 0 Å². The highest BCUT2D eigenvalue weighted by atomic mass is 32.2. The van der Waals surface area contributed by atoms with Crippen molar-refractivity contribution in [2.45, 2.75) is 71.1 Å². The molecule has 0 aromatic rings. The fourth-order valence-electron chi connectivity index (χ4n) is 1.96. The van der Waals surface area contributed by atoms with Crippen LogP contribution in [-0.2, 0) is 19.0 Å². The minimum atomic E-state index is -3.26. The van der Waals surface area contributed by atoms with E-state index in [9.17, 15) is 8.42 Å². The first-order chi connectivity index (χ1) is 9.56. The Bertz CT molecular complexity index is 288. The molecule has 0 heterocycles. The molecule has 5 heteroatoms. The molecular formula is C15H32O4S. The molecular weight excluding hydrogens is 276 g/mol. The topological polar surface area (TPSA) is 52.6 Å². The summed E-state index contributed by atoms with van der Waals surface area (Å²) in [5.74, 6) is 0. The lowest BCUT2D eigenvalue weighted by atomic mass is 10.1. The monoisotopic (exact) mass is 308 g/mol. The number of hydrogen-bond acceptors (Lipinski definition) is 4. The van der Waals surface area contributed by atoms with E-state index in [2.05, 4.69) is 11.1 Å². The van der Waals surface area contributed by atoms with E-state index in [0.717, 1.165) is 45.2 Å². The van der Waals surface area contributed by atoms with Crippen molar-refractivity contribution in [3.05, 3.63) is 0 Å². The molecule has 0 aliphatic rings. The quantitative estimate of drug-likeness (QED) is 0.340. The second-order valence-corrected chi connectivity index (χ2v) is 6.96. The van der Waals surface area contributed by atoms with Gasteiger partial charge in [-0.25, -0.2) is 0 Å². The third-order valence-corrected chi connectivity index (χ3v) is 3.72. The van der Waals surface area contributed by atoms with Gasteiger partial charge in [0.05, 0.1) is 12.9 Å². The lowest BCUT2D eigenvalue weighted by Gasteiger charge is -2.04. The van der Waals surface area contributed by atoms with Crippen LogP contribution in [-0.4, -0.2) is 34.5 Å². The molecule has 0 bridgehead atoms. The van der Waals surface area contributed by atoms with Gasteiger partial charge in [-0.05, 0) is 19.3 Å². The second-order valence-electron chi connectivity index (χ2n) is 5.32. The van der Waals surface area contributed by atoms with Crippen LogP contribution in [0.1, 0.15) is 71.1 Å². The van der Waals surface area contributed by atoms with E-state index in [-0.39, 0.29) is 0 Å². The lowest BCUT2D eigenvalue weighted by Crippen LogP contribution is -2.03. The molecule has 4 nitrogen and oxygen atoms in total. The standard InChI is InChI=1S/C15H32O4S/c1-3-4-5-10-13-18-14-11-8-6-7-9-12-15-19-20(2,16)17/h3-15H2,1-2H3. The third kappa shape index (κ3) is 17.9. The van der Waals surface area contributed by atoms with Gasteiger partial charge >= 0.3 is 0 Å². The summed E-state index contributed by atoms with van der Waals surface area (Å²) >= 11 is 0. The summed E-state index contributed by atoms with van der Waals surface area (Å²) in [5.41, 5.74) is 0. The predicted octanol–water partition coefficient (Wildman–Crippen LogP) is 3.90. The maximum atomic E-state index is 10.7. The molecule has 0 spiro atoms. The van der Waals surface area contributed by atoms with Crippen molar-refractivity contribution in [2.24, 2.45) is 0 Å². The fraction of sp³-hybridized carbons (Fsp3) is 1.00. The van der Waals surface area contributed by atoms with Crippen molar-refractivity contribution in [3.8, 4) is 0 Å². The number of rotatable bonds is 15. The lowest BCUT2D eigenvalue weighted by molar-refractivity contribution is 0.125. The second kappa shape index (κ2) is 13.8. The Morgan fingerprint density at radius 3 is 1.65 bits per heavy atom. The molecule has 0 aliphatic heterocycles. The molecule has 0 aliphatic carbocycles. The van der Waals surface area contributed by atoms with Gasteiger partial charge in [-0.2, -0.15) is 8.42 Å². The van der Waals surface area contributed by atoms with E-state index in [4.69, 9.17) is 4.74 Å². The first-order valence-corrected chi connectivity index (χ1v) is 9.80. The van der Waals surface area contributed by atoms with E-state index < -0.39 is 10.1 Å². The summed E-state index contributed by atoms with van der Waals surface area (Å²) in [4.78, 5) is 0. The maximum Gasteiger partial charge on any atom is 0.264 e. The molecule has 0 aromatic carbocycles. The van der Waals surface area contributed by atoms with E-state index in [1.54, 1.807) is 0 Å². The zero-order valence-electron chi connectivity index (χ0n) is 13.2. The van der Waals surface area contributed by atoms with E-state index >= 15 is 0 Å². The van der Waals surface area contributed by atoms with Gasteiger partial charge in [0.25, 0.3) is 10.1 Å². The molecule has 0 unspecified atom stereocenters. The van der Waals surface area contributed by atoms with Gasteiger partial charge in [-0.1, -0.05) is 51.9 Å². The fourth-order valence-corrected chi connectivity index (χ4v) is 2.38. The molecule has 0 amide bonds. The smallest absolute Gasteiger partial charge is 0.264 e. The van der Waals surface area contributed by atoms with Crippen LogP contribution in [0, 0.1) is 0 Å². The van der Waals surface area contributed by atoms with Crippen LogP contribution < -0.4 is 0 Å². The summed E-state index contributed by atoms with van der Waals surface area (Å²) < 4.78 is 31.7. The summed E-state index contributed by atoms with van der Waals surface area (Å²) in [6.07, 6.45) is 12.7. The number of unbranched alkanes of at least 4 members (excludes halogenated alkanes) is 8. The van der Waals surface area contributed by atoms with Crippen LogP contribution in [0.5, 0.6) is 0 Å². The van der Waals surface area contributed by atoms with E-state index in [0.29, 0.717) is 6.61 Å². The molecule has 0 aromatic heterocycles. The summed E-state index contributed by atoms with van der Waals surface area (Å²) in [6.45, 7) is 4.32. The zero-order chi connectivity index (χ0) is 15.1. The normalized spacial score (nSPS) is 11.9. The molecule has 122 valence electrons. The Kier molecular flexibility index (Phi) is 13.7. The highest BCUT2D eigenvalue weighted by Crippen LogP contribution is 2.06. The maximum absolute atomic E-state index is 10.7. The Labute approximate surface area is 125 Å². The van der Waals surface area contributed by atoms with Crippen LogP contribution >= 0.6 is 0 Å². The van der Waals surface area contributed by atoms with Crippen molar-refractivity contribution in [3.63, 3.8) is 0 Å². The highest BCUT2D eigenvalue weighted by Gasteiger charge is 2.00. The summed E-state index contributed by atoms with van der Waals surface area (Å²) in [6, 6.07) is 0. The SMILES string of the molecule is CCCCCCOCCCCCCCCOS(C)(=O)=O. The third-order valence-electron chi connectivity index (χ3n) is 3.12. The minimum Gasteiger partial charge on any atom is -0.381 e. The van der Waals surface area contributed by atoms with Crippen LogP contribution in [0.25, 0.3) is 0 Å². The first kappa shape index (κ1) is 19.9. The summed E-state index contributed by atoms with van der Waals surface area (Å²) in [7, 11) is -3.26.